The minimum absolute atomic E-state index is 0.0952. The Labute approximate surface area is 116 Å². The first-order valence-electron chi connectivity index (χ1n) is 6.58. The zero-order chi connectivity index (χ0) is 14.4. The van der Waals surface area contributed by atoms with E-state index < -0.39 is 4.92 Å². The Hall–Kier alpha value is -2.38. The van der Waals surface area contributed by atoms with Crippen molar-refractivity contribution in [2.24, 2.45) is 0 Å². The van der Waals surface area contributed by atoms with Crippen LogP contribution >= 0.6 is 0 Å². The molecule has 0 aromatic carbocycles. The lowest BCUT2D eigenvalue weighted by atomic mass is 9.96. The van der Waals surface area contributed by atoms with Crippen LogP contribution in [-0.2, 0) is 0 Å². The second-order valence-electron chi connectivity index (χ2n) is 4.72. The van der Waals surface area contributed by atoms with E-state index in [-0.39, 0.29) is 17.8 Å². The van der Waals surface area contributed by atoms with E-state index in [1.807, 2.05) is 0 Å². The van der Waals surface area contributed by atoms with Gasteiger partial charge in [0.1, 0.15) is 12.0 Å². The van der Waals surface area contributed by atoms with Gasteiger partial charge in [-0.3, -0.25) is 21.0 Å². The Morgan fingerprint density at radius 3 is 2.65 bits per heavy atom. The highest BCUT2D eigenvalue weighted by molar-refractivity contribution is 5.75. The second kappa shape index (κ2) is 6.69. The molecule has 1 aromatic rings. The number of pyridine rings is 1. The predicted octanol–water partition coefficient (Wildman–Crippen LogP) is 1.95. The van der Waals surface area contributed by atoms with E-state index in [4.69, 9.17) is 0 Å². The zero-order valence-corrected chi connectivity index (χ0v) is 11.0. The van der Waals surface area contributed by atoms with Crippen LogP contribution in [-0.4, -0.2) is 22.0 Å². The number of urea groups is 1. The van der Waals surface area contributed by atoms with Crippen LogP contribution < -0.4 is 16.2 Å². The number of nitrogens with zero attached hydrogens (tertiary/aromatic N) is 2. The molecule has 0 aliphatic heterocycles. The Morgan fingerprint density at radius 2 is 2.05 bits per heavy atom. The molecule has 2 amide bonds. The number of hydrazine groups is 1. The SMILES string of the molecule is O=C(NNc1ccc([N+](=O)[O-])cn1)NC1CCCCC1. The van der Waals surface area contributed by atoms with Gasteiger partial charge in [0.15, 0.2) is 0 Å². The molecular weight excluding hydrogens is 262 g/mol. The first kappa shape index (κ1) is 14.0. The monoisotopic (exact) mass is 279 g/mol. The molecule has 0 saturated heterocycles. The van der Waals surface area contributed by atoms with Crippen LogP contribution in [0.1, 0.15) is 32.1 Å². The highest BCUT2D eigenvalue weighted by atomic mass is 16.6. The van der Waals surface area contributed by atoms with E-state index in [1.54, 1.807) is 0 Å². The lowest BCUT2D eigenvalue weighted by molar-refractivity contribution is -0.385. The lowest BCUT2D eigenvalue weighted by Gasteiger charge is -2.22. The van der Waals surface area contributed by atoms with Crippen molar-refractivity contribution in [3.8, 4) is 0 Å². The summed E-state index contributed by atoms with van der Waals surface area (Å²) in [5, 5.41) is 13.3. The number of carbonyl (C=O) groups excluding carboxylic acids is 1. The third-order valence-corrected chi connectivity index (χ3v) is 3.20. The number of anilines is 1. The molecule has 2 rings (SSSR count). The van der Waals surface area contributed by atoms with Gasteiger partial charge in [-0.1, -0.05) is 19.3 Å². The number of aromatic nitrogens is 1. The van der Waals surface area contributed by atoms with Gasteiger partial charge in [0.25, 0.3) is 5.69 Å². The standard InChI is InChI=1S/C12H17N5O3/c18-12(14-9-4-2-1-3-5-9)16-15-11-7-6-10(8-13-11)17(19)20/h6-9H,1-5H2,(H,13,15)(H2,14,16,18). The highest BCUT2D eigenvalue weighted by Crippen LogP contribution is 2.17. The zero-order valence-electron chi connectivity index (χ0n) is 11.0. The molecule has 1 saturated carbocycles. The van der Waals surface area contributed by atoms with Gasteiger partial charge >= 0.3 is 6.03 Å². The number of hydrogen-bond acceptors (Lipinski definition) is 5. The summed E-state index contributed by atoms with van der Waals surface area (Å²) in [5.74, 6) is 0.342. The van der Waals surface area contributed by atoms with E-state index in [9.17, 15) is 14.9 Å². The maximum absolute atomic E-state index is 11.6. The summed E-state index contributed by atoms with van der Waals surface area (Å²) in [7, 11) is 0. The van der Waals surface area contributed by atoms with E-state index >= 15 is 0 Å². The molecule has 0 spiro atoms. The third-order valence-electron chi connectivity index (χ3n) is 3.20. The van der Waals surface area contributed by atoms with Crippen LogP contribution in [0.2, 0.25) is 0 Å². The number of rotatable bonds is 4. The molecule has 1 aliphatic carbocycles. The molecule has 3 N–H and O–H groups in total. The summed E-state index contributed by atoms with van der Waals surface area (Å²) >= 11 is 0. The average Bonchev–Trinajstić information content (AvgIpc) is 2.46. The van der Waals surface area contributed by atoms with Crippen molar-refractivity contribution >= 4 is 17.5 Å². The minimum atomic E-state index is -0.528. The van der Waals surface area contributed by atoms with Crippen LogP contribution in [0, 0.1) is 10.1 Å². The van der Waals surface area contributed by atoms with Crippen LogP contribution in [0.15, 0.2) is 18.3 Å². The van der Waals surface area contributed by atoms with Crippen molar-refractivity contribution < 1.29 is 9.72 Å². The Balaban J connectivity index is 1.76. The van der Waals surface area contributed by atoms with Gasteiger partial charge in [0.05, 0.1) is 4.92 Å². The first-order chi connectivity index (χ1) is 9.65. The van der Waals surface area contributed by atoms with E-state index in [2.05, 4.69) is 21.2 Å². The van der Waals surface area contributed by atoms with Gasteiger partial charge in [-0.2, -0.15) is 0 Å². The molecule has 8 nitrogen and oxygen atoms in total. The highest BCUT2D eigenvalue weighted by Gasteiger charge is 2.15. The summed E-state index contributed by atoms with van der Waals surface area (Å²) in [4.78, 5) is 25.4. The van der Waals surface area contributed by atoms with Crippen LogP contribution in [0.3, 0.4) is 0 Å². The quantitative estimate of drug-likeness (QED) is 0.576. The van der Waals surface area contributed by atoms with Crippen molar-refractivity contribution in [3.05, 3.63) is 28.4 Å². The third kappa shape index (κ3) is 4.08. The molecule has 1 aromatic heterocycles. The molecule has 0 atom stereocenters. The average molecular weight is 279 g/mol. The van der Waals surface area contributed by atoms with Gasteiger partial charge in [0.2, 0.25) is 0 Å². The summed E-state index contributed by atoms with van der Waals surface area (Å²) < 4.78 is 0. The smallest absolute Gasteiger partial charge is 0.333 e. The van der Waals surface area contributed by atoms with Crippen LogP contribution in [0.4, 0.5) is 16.3 Å². The molecule has 108 valence electrons. The molecule has 1 heterocycles. The number of hydrogen-bond donors (Lipinski definition) is 3. The van der Waals surface area contributed by atoms with Gasteiger partial charge in [-0.05, 0) is 18.9 Å². The Bertz CT molecular complexity index is 470. The molecule has 1 aliphatic rings. The van der Waals surface area contributed by atoms with Gasteiger partial charge in [0, 0.05) is 12.1 Å². The number of carbonyl (C=O) groups is 1. The molecule has 0 radical (unpaired) electrons. The first-order valence-corrected chi connectivity index (χ1v) is 6.58. The van der Waals surface area contributed by atoms with Gasteiger partial charge < -0.3 is 5.32 Å². The van der Waals surface area contributed by atoms with Gasteiger partial charge in [-0.25, -0.2) is 9.78 Å². The normalized spacial score (nSPS) is 15.4. The largest absolute Gasteiger partial charge is 0.334 e. The maximum Gasteiger partial charge on any atom is 0.333 e. The summed E-state index contributed by atoms with van der Waals surface area (Å²) in [5.41, 5.74) is 4.97. The van der Waals surface area contributed by atoms with E-state index in [0.29, 0.717) is 5.82 Å². The predicted molar refractivity (Wildman–Crippen MR) is 73.1 cm³/mol. The summed E-state index contributed by atoms with van der Waals surface area (Å²) in [6.45, 7) is 0. The van der Waals surface area contributed by atoms with E-state index in [0.717, 1.165) is 31.9 Å². The molecule has 20 heavy (non-hydrogen) atoms. The van der Waals surface area contributed by atoms with Crippen molar-refractivity contribution in [2.45, 2.75) is 38.1 Å². The fourth-order valence-corrected chi connectivity index (χ4v) is 2.16. The van der Waals surface area contributed by atoms with Crippen molar-refractivity contribution in [1.29, 1.82) is 0 Å². The minimum Gasteiger partial charge on any atom is -0.334 e. The van der Waals surface area contributed by atoms with Crippen molar-refractivity contribution in [3.63, 3.8) is 0 Å². The molecule has 0 unspecified atom stereocenters. The molecule has 0 bridgehead atoms. The fourth-order valence-electron chi connectivity index (χ4n) is 2.16. The Morgan fingerprint density at radius 1 is 1.30 bits per heavy atom. The number of nitrogens with one attached hydrogen (secondary N) is 3. The Kier molecular flexibility index (Phi) is 4.70. The molecular formula is C12H17N5O3. The summed E-state index contributed by atoms with van der Waals surface area (Å²) in [6, 6.07) is 2.64. The van der Waals surface area contributed by atoms with Gasteiger partial charge in [-0.15, -0.1) is 0 Å². The summed E-state index contributed by atoms with van der Waals surface area (Å²) in [6.07, 6.45) is 6.64. The van der Waals surface area contributed by atoms with Crippen molar-refractivity contribution in [2.75, 3.05) is 5.43 Å². The number of nitro groups is 1. The van der Waals surface area contributed by atoms with E-state index in [1.165, 1.54) is 18.6 Å². The van der Waals surface area contributed by atoms with Crippen molar-refractivity contribution in [1.82, 2.24) is 15.7 Å². The topological polar surface area (TPSA) is 109 Å². The van der Waals surface area contributed by atoms with Crippen LogP contribution in [0.5, 0.6) is 0 Å². The fraction of sp³-hybridized carbons (Fsp3) is 0.500. The maximum atomic E-state index is 11.6. The van der Waals surface area contributed by atoms with Crippen LogP contribution in [0.25, 0.3) is 0 Å². The second-order valence-corrected chi connectivity index (χ2v) is 4.72. The lowest BCUT2D eigenvalue weighted by Crippen LogP contribution is -2.45. The molecule has 8 heteroatoms. The molecule has 1 fully saturated rings. The number of amides is 2.